The molecule has 29 heavy (non-hydrogen) atoms. The van der Waals surface area contributed by atoms with Crippen molar-refractivity contribution >= 4 is 5.91 Å². The summed E-state index contributed by atoms with van der Waals surface area (Å²) in [6, 6.07) is 9.49. The average Bonchev–Trinajstić information content (AvgIpc) is 2.70. The van der Waals surface area contributed by atoms with Crippen molar-refractivity contribution in [3.8, 4) is 5.75 Å². The van der Waals surface area contributed by atoms with Crippen LogP contribution in [-0.4, -0.2) is 22.5 Å². The minimum Gasteiger partial charge on any atom is -0.491 e. The van der Waals surface area contributed by atoms with Crippen molar-refractivity contribution in [2.45, 2.75) is 25.8 Å². The van der Waals surface area contributed by atoms with Crippen LogP contribution in [0.1, 0.15) is 39.2 Å². The second kappa shape index (κ2) is 7.16. The zero-order chi connectivity index (χ0) is 20.6. The van der Waals surface area contributed by atoms with Crippen LogP contribution in [0.15, 0.2) is 53.6 Å². The highest BCUT2D eigenvalue weighted by Gasteiger charge is 2.43. The first kappa shape index (κ1) is 18.9. The molecular formula is C22H20FN3O3. The molecule has 1 atom stereocenters. The van der Waals surface area contributed by atoms with Crippen LogP contribution in [0.5, 0.6) is 5.75 Å². The molecule has 1 aromatic carbocycles. The minimum absolute atomic E-state index is 0.289. The van der Waals surface area contributed by atoms with E-state index in [4.69, 9.17) is 4.74 Å². The molecule has 0 radical (unpaired) electrons. The SMILES string of the molecule is Cc1cnc2c(c1)OCC[C@]2(NC(=O)c1ccc(=O)[nH]c1)c1ccc(C)c(F)c1. The van der Waals surface area contributed by atoms with Gasteiger partial charge in [0, 0.05) is 24.9 Å². The Kier molecular flexibility index (Phi) is 4.66. The largest absolute Gasteiger partial charge is 0.491 e. The number of aromatic amines is 1. The molecule has 0 saturated carbocycles. The van der Waals surface area contributed by atoms with Crippen molar-refractivity contribution in [2.24, 2.45) is 0 Å². The summed E-state index contributed by atoms with van der Waals surface area (Å²) < 4.78 is 20.2. The van der Waals surface area contributed by atoms with Crippen molar-refractivity contribution in [1.29, 1.82) is 0 Å². The summed E-state index contributed by atoms with van der Waals surface area (Å²) in [4.78, 5) is 31.4. The standard InChI is InChI=1S/C22H20FN3O3/c1-13-9-18-20(25-11-13)22(7-8-29-18,16-5-3-14(2)17(23)10-16)26-21(28)15-4-6-19(27)24-12-15/h3-6,9-12H,7-8H2,1-2H3,(H,24,27)(H,26,28)/t22-/m0/s1. The van der Waals surface area contributed by atoms with Gasteiger partial charge >= 0.3 is 0 Å². The maximum atomic E-state index is 14.4. The lowest BCUT2D eigenvalue weighted by atomic mass is 9.80. The number of aromatic nitrogens is 2. The van der Waals surface area contributed by atoms with Gasteiger partial charge in [-0.15, -0.1) is 0 Å². The summed E-state index contributed by atoms with van der Waals surface area (Å²) in [5.41, 5.74) is 1.46. The van der Waals surface area contributed by atoms with E-state index in [-0.39, 0.29) is 16.9 Å². The van der Waals surface area contributed by atoms with Gasteiger partial charge in [0.2, 0.25) is 5.56 Å². The molecule has 1 aliphatic heterocycles. The number of H-pyrrole nitrogens is 1. The smallest absolute Gasteiger partial charge is 0.253 e. The number of halogens is 1. The van der Waals surface area contributed by atoms with Gasteiger partial charge in [0.15, 0.2) is 0 Å². The molecule has 1 amide bonds. The molecular weight excluding hydrogens is 373 g/mol. The van der Waals surface area contributed by atoms with Crippen molar-refractivity contribution < 1.29 is 13.9 Å². The van der Waals surface area contributed by atoms with E-state index in [9.17, 15) is 14.0 Å². The average molecular weight is 393 g/mol. The molecule has 0 spiro atoms. The lowest BCUT2D eigenvalue weighted by Gasteiger charge is -2.39. The monoisotopic (exact) mass is 393 g/mol. The number of benzene rings is 1. The molecule has 3 aromatic rings. The Morgan fingerprint density at radius 2 is 2.07 bits per heavy atom. The Labute approximate surface area is 166 Å². The molecule has 0 unspecified atom stereocenters. The lowest BCUT2D eigenvalue weighted by Crippen LogP contribution is -2.50. The van der Waals surface area contributed by atoms with E-state index in [0.29, 0.717) is 35.6 Å². The van der Waals surface area contributed by atoms with E-state index in [1.807, 2.05) is 13.0 Å². The highest BCUT2D eigenvalue weighted by Crippen LogP contribution is 2.41. The Hall–Kier alpha value is -3.48. The van der Waals surface area contributed by atoms with Gasteiger partial charge in [-0.25, -0.2) is 4.39 Å². The minimum atomic E-state index is -1.07. The van der Waals surface area contributed by atoms with Crippen molar-refractivity contribution in [1.82, 2.24) is 15.3 Å². The van der Waals surface area contributed by atoms with E-state index >= 15 is 0 Å². The predicted molar refractivity (Wildman–Crippen MR) is 106 cm³/mol. The van der Waals surface area contributed by atoms with Gasteiger partial charge in [0.1, 0.15) is 22.8 Å². The lowest BCUT2D eigenvalue weighted by molar-refractivity contribution is 0.0883. The van der Waals surface area contributed by atoms with E-state index in [2.05, 4.69) is 15.3 Å². The summed E-state index contributed by atoms with van der Waals surface area (Å²) in [5, 5.41) is 3.04. The number of amides is 1. The molecule has 148 valence electrons. The molecule has 0 aliphatic carbocycles. The first-order valence-electron chi connectivity index (χ1n) is 9.27. The van der Waals surface area contributed by atoms with Gasteiger partial charge in [-0.2, -0.15) is 0 Å². The summed E-state index contributed by atoms with van der Waals surface area (Å²) in [5.74, 6) is -0.211. The van der Waals surface area contributed by atoms with Gasteiger partial charge in [0.25, 0.3) is 5.91 Å². The predicted octanol–water partition coefficient (Wildman–Crippen LogP) is 2.98. The molecule has 0 bridgehead atoms. The molecule has 0 saturated heterocycles. The highest BCUT2D eigenvalue weighted by molar-refractivity contribution is 5.94. The quantitative estimate of drug-likeness (QED) is 0.717. The number of nitrogens with zero attached hydrogens (tertiary/aromatic N) is 1. The van der Waals surface area contributed by atoms with Crippen molar-refractivity contribution in [3.63, 3.8) is 0 Å². The third kappa shape index (κ3) is 3.40. The third-order valence-electron chi connectivity index (χ3n) is 5.17. The molecule has 2 N–H and O–H groups in total. The molecule has 4 rings (SSSR count). The van der Waals surface area contributed by atoms with Crippen LogP contribution in [0.4, 0.5) is 4.39 Å². The molecule has 1 aliphatic rings. The summed E-state index contributed by atoms with van der Waals surface area (Å²) in [6.07, 6.45) is 3.43. The van der Waals surface area contributed by atoms with Crippen molar-refractivity contribution in [2.75, 3.05) is 6.61 Å². The van der Waals surface area contributed by atoms with Gasteiger partial charge in [-0.1, -0.05) is 12.1 Å². The maximum absolute atomic E-state index is 14.4. The van der Waals surface area contributed by atoms with Gasteiger partial charge < -0.3 is 15.0 Å². The number of aryl methyl sites for hydroxylation is 2. The fourth-order valence-electron chi connectivity index (χ4n) is 3.56. The molecule has 0 fully saturated rings. The molecule has 6 nitrogen and oxygen atoms in total. The fraction of sp³-hybridized carbons (Fsp3) is 0.227. The highest BCUT2D eigenvalue weighted by atomic mass is 19.1. The normalized spacial score (nSPS) is 17.9. The summed E-state index contributed by atoms with van der Waals surface area (Å²) in [7, 11) is 0. The van der Waals surface area contributed by atoms with Crippen LogP contribution in [0.3, 0.4) is 0 Å². The number of hydrogen-bond acceptors (Lipinski definition) is 4. The maximum Gasteiger partial charge on any atom is 0.253 e. The van der Waals surface area contributed by atoms with Crippen LogP contribution in [0.25, 0.3) is 0 Å². The van der Waals surface area contributed by atoms with E-state index in [0.717, 1.165) is 5.56 Å². The van der Waals surface area contributed by atoms with Gasteiger partial charge in [-0.3, -0.25) is 14.6 Å². The van der Waals surface area contributed by atoms with E-state index in [1.165, 1.54) is 24.4 Å². The zero-order valence-corrected chi connectivity index (χ0v) is 16.1. The number of rotatable bonds is 3. The number of nitrogens with one attached hydrogen (secondary N) is 2. The van der Waals surface area contributed by atoms with Crippen LogP contribution < -0.4 is 15.6 Å². The Balaban J connectivity index is 1.87. The number of hydrogen-bond donors (Lipinski definition) is 2. The molecule has 3 heterocycles. The number of ether oxygens (including phenoxy) is 1. The van der Waals surface area contributed by atoms with E-state index < -0.39 is 11.4 Å². The van der Waals surface area contributed by atoms with Gasteiger partial charge in [0.05, 0.1) is 12.2 Å². The summed E-state index contributed by atoms with van der Waals surface area (Å²) in [6.45, 7) is 3.92. The second-order valence-corrected chi connectivity index (χ2v) is 7.22. The fourth-order valence-corrected chi connectivity index (χ4v) is 3.56. The Bertz CT molecular complexity index is 1140. The summed E-state index contributed by atoms with van der Waals surface area (Å²) >= 11 is 0. The zero-order valence-electron chi connectivity index (χ0n) is 16.1. The first-order chi connectivity index (χ1) is 13.9. The third-order valence-corrected chi connectivity index (χ3v) is 5.17. The number of pyridine rings is 2. The van der Waals surface area contributed by atoms with Crippen LogP contribution in [-0.2, 0) is 5.54 Å². The van der Waals surface area contributed by atoms with Crippen LogP contribution in [0, 0.1) is 19.7 Å². The Morgan fingerprint density at radius 3 is 2.79 bits per heavy atom. The molecule has 7 heteroatoms. The topological polar surface area (TPSA) is 84.1 Å². The number of carbonyl (C=O) groups excluding carboxylic acids is 1. The van der Waals surface area contributed by atoms with Gasteiger partial charge in [-0.05, 0) is 48.7 Å². The van der Waals surface area contributed by atoms with Crippen molar-refractivity contribution in [3.05, 3.63) is 92.9 Å². The van der Waals surface area contributed by atoms with Crippen LogP contribution >= 0.6 is 0 Å². The van der Waals surface area contributed by atoms with Crippen LogP contribution in [0.2, 0.25) is 0 Å². The van der Waals surface area contributed by atoms with E-state index in [1.54, 1.807) is 25.3 Å². The number of carbonyl (C=O) groups is 1. The molecule has 2 aromatic heterocycles. The first-order valence-corrected chi connectivity index (χ1v) is 9.27. The Morgan fingerprint density at radius 1 is 1.24 bits per heavy atom. The second-order valence-electron chi connectivity index (χ2n) is 7.22. The number of fused-ring (bicyclic) bond motifs is 1.